The molecule has 0 fully saturated rings. The molecular formula is C13H20FN. The average Bonchev–Trinajstić information content (AvgIpc) is 2.25. The summed E-state index contributed by atoms with van der Waals surface area (Å²) < 4.78 is 12.9. The minimum absolute atomic E-state index is 0.162. The van der Waals surface area contributed by atoms with E-state index in [-0.39, 0.29) is 5.82 Å². The molecule has 84 valence electrons. The number of hydrogen-bond acceptors (Lipinski definition) is 1. The molecule has 1 rings (SSSR count). The summed E-state index contributed by atoms with van der Waals surface area (Å²) in [4.78, 5) is 0. The number of halogens is 1. The zero-order chi connectivity index (χ0) is 11.3. The van der Waals surface area contributed by atoms with Gasteiger partial charge in [0, 0.05) is 12.6 Å². The van der Waals surface area contributed by atoms with Gasteiger partial charge >= 0.3 is 0 Å². The van der Waals surface area contributed by atoms with Crippen LogP contribution in [0.5, 0.6) is 0 Å². The first-order valence-electron chi connectivity index (χ1n) is 5.61. The molecule has 2 atom stereocenters. The number of hydrogen-bond donors (Lipinski definition) is 1. The van der Waals surface area contributed by atoms with Crippen molar-refractivity contribution in [1.29, 1.82) is 0 Å². The van der Waals surface area contributed by atoms with E-state index in [1.165, 1.54) is 6.07 Å². The molecule has 1 nitrogen and oxygen atoms in total. The summed E-state index contributed by atoms with van der Waals surface area (Å²) in [5, 5.41) is 3.41. The number of rotatable bonds is 5. The first-order valence-corrected chi connectivity index (χ1v) is 5.61. The van der Waals surface area contributed by atoms with Crippen molar-refractivity contribution in [3.63, 3.8) is 0 Å². The molecule has 0 saturated heterocycles. The van der Waals surface area contributed by atoms with Gasteiger partial charge in [-0.25, -0.2) is 4.39 Å². The van der Waals surface area contributed by atoms with Crippen molar-refractivity contribution in [1.82, 2.24) is 5.32 Å². The lowest BCUT2D eigenvalue weighted by Crippen LogP contribution is -2.31. The Kier molecular flexibility index (Phi) is 4.76. The van der Waals surface area contributed by atoms with Gasteiger partial charge in [0.2, 0.25) is 0 Å². The van der Waals surface area contributed by atoms with E-state index in [1.807, 2.05) is 6.07 Å². The molecule has 0 bridgehead atoms. The Morgan fingerprint density at radius 1 is 1.33 bits per heavy atom. The van der Waals surface area contributed by atoms with Gasteiger partial charge in [-0.05, 0) is 30.5 Å². The maximum Gasteiger partial charge on any atom is 0.123 e. The molecule has 0 aliphatic heterocycles. The maximum atomic E-state index is 12.9. The Hall–Kier alpha value is -0.890. The summed E-state index contributed by atoms with van der Waals surface area (Å²) in [5.41, 5.74) is 1.00. The normalized spacial score (nSPS) is 14.9. The second kappa shape index (κ2) is 5.86. The van der Waals surface area contributed by atoms with Crippen LogP contribution in [0.4, 0.5) is 4.39 Å². The van der Waals surface area contributed by atoms with Crippen LogP contribution in [0.1, 0.15) is 32.8 Å². The molecule has 0 aliphatic carbocycles. The molecule has 2 heteroatoms. The summed E-state index contributed by atoms with van der Waals surface area (Å²) >= 11 is 0. The van der Waals surface area contributed by atoms with Crippen molar-refractivity contribution >= 4 is 0 Å². The first-order chi connectivity index (χ1) is 7.13. The molecule has 0 spiro atoms. The van der Waals surface area contributed by atoms with Crippen molar-refractivity contribution < 1.29 is 4.39 Å². The molecular weight excluding hydrogens is 189 g/mol. The summed E-state index contributed by atoms with van der Waals surface area (Å²) in [6.45, 7) is 7.32. The third-order valence-corrected chi connectivity index (χ3v) is 3.01. The highest BCUT2D eigenvalue weighted by molar-refractivity contribution is 5.16. The lowest BCUT2D eigenvalue weighted by molar-refractivity contribution is 0.389. The highest BCUT2D eigenvalue weighted by Gasteiger charge is 2.08. The molecule has 0 aliphatic rings. The van der Waals surface area contributed by atoms with E-state index in [0.717, 1.165) is 18.5 Å². The smallest absolute Gasteiger partial charge is 0.123 e. The van der Waals surface area contributed by atoms with Crippen molar-refractivity contribution in [3.05, 3.63) is 35.6 Å². The Morgan fingerprint density at radius 3 is 2.67 bits per heavy atom. The van der Waals surface area contributed by atoms with Gasteiger partial charge in [0.1, 0.15) is 5.82 Å². The summed E-state index contributed by atoms with van der Waals surface area (Å²) in [7, 11) is 0. The summed E-state index contributed by atoms with van der Waals surface area (Å²) in [5.74, 6) is 0.490. The topological polar surface area (TPSA) is 12.0 Å². The van der Waals surface area contributed by atoms with Gasteiger partial charge in [0.25, 0.3) is 0 Å². The van der Waals surface area contributed by atoms with E-state index in [9.17, 15) is 4.39 Å². The SMILES string of the molecule is CC[C@@H](C)[C@@H](C)NCc1cccc(F)c1. The molecule has 1 N–H and O–H groups in total. The number of nitrogens with one attached hydrogen (secondary N) is 1. The minimum atomic E-state index is -0.162. The van der Waals surface area contributed by atoms with Crippen molar-refractivity contribution in [2.75, 3.05) is 0 Å². The predicted molar refractivity (Wildman–Crippen MR) is 62.2 cm³/mol. The van der Waals surface area contributed by atoms with Crippen molar-refractivity contribution in [2.45, 2.75) is 39.8 Å². The predicted octanol–water partition coefficient (Wildman–Crippen LogP) is 3.35. The van der Waals surface area contributed by atoms with Gasteiger partial charge < -0.3 is 5.32 Å². The lowest BCUT2D eigenvalue weighted by atomic mass is 10.0. The van der Waals surface area contributed by atoms with E-state index in [1.54, 1.807) is 12.1 Å². The quantitative estimate of drug-likeness (QED) is 0.784. The highest BCUT2D eigenvalue weighted by atomic mass is 19.1. The second-order valence-electron chi connectivity index (χ2n) is 4.19. The molecule has 0 amide bonds. The fourth-order valence-corrected chi connectivity index (χ4v) is 1.48. The van der Waals surface area contributed by atoms with E-state index in [0.29, 0.717) is 12.0 Å². The standard InChI is InChI=1S/C13H20FN/c1-4-10(2)11(3)15-9-12-6-5-7-13(14)8-12/h5-8,10-11,15H,4,9H2,1-3H3/t10-,11-/m1/s1. The molecule has 1 aromatic carbocycles. The first kappa shape index (κ1) is 12.2. The van der Waals surface area contributed by atoms with E-state index >= 15 is 0 Å². The van der Waals surface area contributed by atoms with E-state index in [4.69, 9.17) is 0 Å². The van der Waals surface area contributed by atoms with Crippen molar-refractivity contribution in [2.24, 2.45) is 5.92 Å². The van der Waals surface area contributed by atoms with Crippen LogP contribution in [0.25, 0.3) is 0 Å². The average molecular weight is 209 g/mol. The molecule has 0 saturated carbocycles. The van der Waals surface area contributed by atoms with Crippen LogP contribution in [0.15, 0.2) is 24.3 Å². The van der Waals surface area contributed by atoms with E-state index in [2.05, 4.69) is 26.1 Å². The van der Waals surface area contributed by atoms with Crippen LogP contribution in [0, 0.1) is 11.7 Å². The van der Waals surface area contributed by atoms with Gasteiger partial charge in [-0.2, -0.15) is 0 Å². The molecule has 0 radical (unpaired) electrons. The Morgan fingerprint density at radius 2 is 2.07 bits per heavy atom. The number of benzene rings is 1. The Labute approximate surface area is 91.7 Å². The van der Waals surface area contributed by atoms with Crippen LogP contribution in [0.3, 0.4) is 0 Å². The third-order valence-electron chi connectivity index (χ3n) is 3.01. The van der Waals surface area contributed by atoms with Crippen LogP contribution in [-0.4, -0.2) is 6.04 Å². The van der Waals surface area contributed by atoms with Crippen LogP contribution < -0.4 is 5.32 Å². The van der Waals surface area contributed by atoms with Gasteiger partial charge in [-0.15, -0.1) is 0 Å². The Balaban J connectivity index is 2.43. The molecule has 0 unspecified atom stereocenters. The van der Waals surface area contributed by atoms with Gasteiger partial charge in [-0.3, -0.25) is 0 Å². The van der Waals surface area contributed by atoms with Gasteiger partial charge in [-0.1, -0.05) is 32.4 Å². The summed E-state index contributed by atoms with van der Waals surface area (Å²) in [6, 6.07) is 7.22. The van der Waals surface area contributed by atoms with Gasteiger partial charge in [0.15, 0.2) is 0 Å². The molecule has 1 aromatic rings. The fraction of sp³-hybridized carbons (Fsp3) is 0.538. The van der Waals surface area contributed by atoms with Crippen LogP contribution >= 0.6 is 0 Å². The Bertz CT molecular complexity index is 298. The molecule has 0 heterocycles. The third kappa shape index (κ3) is 4.00. The van der Waals surface area contributed by atoms with Crippen molar-refractivity contribution in [3.8, 4) is 0 Å². The lowest BCUT2D eigenvalue weighted by Gasteiger charge is -2.19. The highest BCUT2D eigenvalue weighted by Crippen LogP contribution is 2.08. The van der Waals surface area contributed by atoms with E-state index < -0.39 is 0 Å². The zero-order valence-corrected chi connectivity index (χ0v) is 9.76. The fourth-order valence-electron chi connectivity index (χ4n) is 1.48. The van der Waals surface area contributed by atoms with Crippen LogP contribution in [0.2, 0.25) is 0 Å². The maximum absolute atomic E-state index is 12.9. The monoisotopic (exact) mass is 209 g/mol. The molecule has 15 heavy (non-hydrogen) atoms. The second-order valence-corrected chi connectivity index (χ2v) is 4.19. The molecule has 0 aromatic heterocycles. The zero-order valence-electron chi connectivity index (χ0n) is 9.76. The largest absolute Gasteiger partial charge is 0.310 e. The summed E-state index contributed by atoms with van der Waals surface area (Å²) in [6.07, 6.45) is 1.16. The van der Waals surface area contributed by atoms with Crippen LogP contribution in [-0.2, 0) is 6.54 Å². The van der Waals surface area contributed by atoms with Gasteiger partial charge in [0.05, 0.1) is 0 Å². The minimum Gasteiger partial charge on any atom is -0.310 e.